The van der Waals surface area contributed by atoms with Gasteiger partial charge in [-0.3, -0.25) is 9.78 Å². The molecule has 1 heterocycles. The van der Waals surface area contributed by atoms with Gasteiger partial charge in [0.1, 0.15) is 17.4 Å². The number of ether oxygens (including phenoxy) is 1. The molecule has 0 aliphatic heterocycles. The van der Waals surface area contributed by atoms with Crippen LogP contribution in [0.4, 0.5) is 0 Å². The van der Waals surface area contributed by atoms with Gasteiger partial charge in [0.15, 0.2) is 0 Å². The van der Waals surface area contributed by atoms with Crippen molar-refractivity contribution in [1.29, 1.82) is 5.26 Å². The number of pyridine rings is 1. The van der Waals surface area contributed by atoms with Crippen molar-refractivity contribution >= 4 is 5.91 Å². The molecule has 1 aromatic heterocycles. The number of hydrogen-bond donors (Lipinski definition) is 1. The van der Waals surface area contributed by atoms with Crippen molar-refractivity contribution in [2.75, 3.05) is 6.61 Å². The molecule has 5 nitrogen and oxygen atoms in total. The summed E-state index contributed by atoms with van der Waals surface area (Å²) in [6.07, 6.45) is 1.90. The maximum Gasteiger partial charge on any atom is 0.220 e. The summed E-state index contributed by atoms with van der Waals surface area (Å²) in [6, 6.07) is 3.52. The molecule has 1 unspecified atom stereocenters. The second kappa shape index (κ2) is 6.60. The smallest absolute Gasteiger partial charge is 0.220 e. The van der Waals surface area contributed by atoms with Crippen LogP contribution in [0.25, 0.3) is 0 Å². The number of amides is 1. The van der Waals surface area contributed by atoms with Gasteiger partial charge in [-0.2, -0.15) is 5.26 Å². The van der Waals surface area contributed by atoms with Crippen molar-refractivity contribution in [2.24, 2.45) is 0 Å². The van der Waals surface area contributed by atoms with Crippen LogP contribution in [0.1, 0.15) is 44.5 Å². The molecule has 5 heteroatoms. The topological polar surface area (TPSA) is 75.0 Å². The Hall–Kier alpha value is -2.09. The zero-order valence-electron chi connectivity index (χ0n) is 10.9. The van der Waals surface area contributed by atoms with E-state index in [0.717, 1.165) is 0 Å². The highest BCUT2D eigenvalue weighted by molar-refractivity contribution is 5.75. The van der Waals surface area contributed by atoms with Crippen LogP contribution in [-0.2, 0) is 4.79 Å². The van der Waals surface area contributed by atoms with E-state index in [1.165, 1.54) is 6.20 Å². The predicted molar refractivity (Wildman–Crippen MR) is 67.0 cm³/mol. The van der Waals surface area contributed by atoms with E-state index >= 15 is 0 Å². The van der Waals surface area contributed by atoms with Gasteiger partial charge >= 0.3 is 0 Å². The second-order valence-corrected chi connectivity index (χ2v) is 3.79. The SMILES string of the molecule is CCOc1cc(C(C)NC(=O)CC)ncc1C#N. The third-order valence-electron chi connectivity index (χ3n) is 2.45. The fourth-order valence-corrected chi connectivity index (χ4v) is 1.47. The fourth-order valence-electron chi connectivity index (χ4n) is 1.47. The quantitative estimate of drug-likeness (QED) is 0.862. The molecule has 1 amide bonds. The monoisotopic (exact) mass is 247 g/mol. The molecule has 0 radical (unpaired) electrons. The number of nitrogens with zero attached hydrogens (tertiary/aromatic N) is 2. The van der Waals surface area contributed by atoms with Crippen LogP contribution in [0.5, 0.6) is 5.75 Å². The van der Waals surface area contributed by atoms with E-state index in [4.69, 9.17) is 10.00 Å². The third-order valence-corrected chi connectivity index (χ3v) is 2.45. The van der Waals surface area contributed by atoms with Crippen molar-refractivity contribution < 1.29 is 9.53 Å². The van der Waals surface area contributed by atoms with Crippen molar-refractivity contribution in [1.82, 2.24) is 10.3 Å². The van der Waals surface area contributed by atoms with Crippen molar-refractivity contribution in [3.05, 3.63) is 23.5 Å². The third kappa shape index (κ3) is 3.45. The van der Waals surface area contributed by atoms with E-state index < -0.39 is 0 Å². The van der Waals surface area contributed by atoms with Gasteiger partial charge in [-0.1, -0.05) is 6.92 Å². The lowest BCUT2D eigenvalue weighted by Gasteiger charge is -2.14. The zero-order chi connectivity index (χ0) is 13.5. The first kappa shape index (κ1) is 14.0. The summed E-state index contributed by atoms with van der Waals surface area (Å²) in [5, 5.41) is 11.7. The lowest BCUT2D eigenvalue weighted by atomic mass is 10.1. The Labute approximate surface area is 107 Å². The van der Waals surface area contributed by atoms with Crippen LogP contribution in [0, 0.1) is 11.3 Å². The van der Waals surface area contributed by atoms with E-state index in [9.17, 15) is 4.79 Å². The highest BCUT2D eigenvalue weighted by Crippen LogP contribution is 2.21. The first-order valence-corrected chi connectivity index (χ1v) is 5.94. The minimum absolute atomic E-state index is 0.0355. The van der Waals surface area contributed by atoms with Crippen LogP contribution in [0.15, 0.2) is 12.3 Å². The summed E-state index contributed by atoms with van der Waals surface area (Å²) in [5.41, 5.74) is 1.08. The van der Waals surface area contributed by atoms with Gasteiger partial charge in [0.05, 0.1) is 18.3 Å². The Balaban J connectivity index is 2.93. The molecule has 0 aromatic carbocycles. The highest BCUT2D eigenvalue weighted by atomic mass is 16.5. The van der Waals surface area contributed by atoms with E-state index in [1.54, 1.807) is 13.0 Å². The van der Waals surface area contributed by atoms with Gasteiger partial charge in [0.2, 0.25) is 5.91 Å². The van der Waals surface area contributed by atoms with Gasteiger partial charge in [-0.05, 0) is 13.8 Å². The average molecular weight is 247 g/mol. The Morgan fingerprint density at radius 2 is 2.33 bits per heavy atom. The largest absolute Gasteiger partial charge is 0.492 e. The van der Waals surface area contributed by atoms with E-state index in [0.29, 0.717) is 30.0 Å². The number of carbonyl (C=O) groups is 1. The number of nitriles is 1. The number of aromatic nitrogens is 1. The molecule has 0 saturated heterocycles. The Morgan fingerprint density at radius 1 is 1.61 bits per heavy atom. The molecule has 18 heavy (non-hydrogen) atoms. The van der Waals surface area contributed by atoms with Gasteiger partial charge in [0.25, 0.3) is 0 Å². The van der Waals surface area contributed by atoms with Gasteiger partial charge in [-0.15, -0.1) is 0 Å². The molecular weight excluding hydrogens is 230 g/mol. The predicted octanol–water partition coefficient (Wildman–Crippen LogP) is 1.94. The summed E-state index contributed by atoms with van der Waals surface area (Å²) in [6.45, 7) is 5.97. The lowest BCUT2D eigenvalue weighted by Crippen LogP contribution is -2.26. The van der Waals surface area contributed by atoms with Crippen LogP contribution in [0.3, 0.4) is 0 Å². The molecule has 0 aliphatic carbocycles. The van der Waals surface area contributed by atoms with Crippen LogP contribution < -0.4 is 10.1 Å². The summed E-state index contributed by atoms with van der Waals surface area (Å²) in [4.78, 5) is 15.5. The van der Waals surface area contributed by atoms with E-state index in [1.807, 2.05) is 19.9 Å². The molecule has 0 saturated carbocycles. The maximum absolute atomic E-state index is 11.3. The normalized spacial score (nSPS) is 11.4. The number of carbonyl (C=O) groups excluding carboxylic acids is 1. The Bertz CT molecular complexity index is 466. The summed E-state index contributed by atoms with van der Waals surface area (Å²) >= 11 is 0. The van der Waals surface area contributed by atoms with Crippen LogP contribution in [-0.4, -0.2) is 17.5 Å². The van der Waals surface area contributed by atoms with E-state index in [-0.39, 0.29) is 11.9 Å². The maximum atomic E-state index is 11.3. The Kier molecular flexibility index (Phi) is 5.12. The number of nitrogens with one attached hydrogen (secondary N) is 1. The molecule has 1 N–H and O–H groups in total. The lowest BCUT2D eigenvalue weighted by molar-refractivity contribution is -0.121. The van der Waals surface area contributed by atoms with E-state index in [2.05, 4.69) is 10.3 Å². The van der Waals surface area contributed by atoms with Crippen molar-refractivity contribution in [3.8, 4) is 11.8 Å². The molecule has 0 spiro atoms. The molecule has 96 valence electrons. The molecule has 1 atom stereocenters. The number of rotatable bonds is 5. The van der Waals surface area contributed by atoms with Gasteiger partial charge in [0, 0.05) is 18.7 Å². The highest BCUT2D eigenvalue weighted by Gasteiger charge is 2.13. The summed E-state index contributed by atoms with van der Waals surface area (Å²) in [7, 11) is 0. The standard InChI is InChI=1S/C13H17N3O2/c1-4-13(17)16-9(3)11-6-12(18-5-2)10(7-14)8-15-11/h6,8-9H,4-5H2,1-3H3,(H,16,17). The number of hydrogen-bond acceptors (Lipinski definition) is 4. The molecule has 0 fully saturated rings. The van der Waals surface area contributed by atoms with Crippen LogP contribution >= 0.6 is 0 Å². The average Bonchev–Trinajstić information content (AvgIpc) is 2.38. The van der Waals surface area contributed by atoms with Crippen LogP contribution in [0.2, 0.25) is 0 Å². The molecule has 1 rings (SSSR count). The first-order chi connectivity index (χ1) is 8.62. The van der Waals surface area contributed by atoms with Crippen molar-refractivity contribution in [3.63, 3.8) is 0 Å². The van der Waals surface area contributed by atoms with Crippen molar-refractivity contribution in [2.45, 2.75) is 33.2 Å². The zero-order valence-corrected chi connectivity index (χ0v) is 10.9. The van der Waals surface area contributed by atoms with Gasteiger partial charge in [-0.25, -0.2) is 0 Å². The minimum Gasteiger partial charge on any atom is -0.492 e. The molecule has 0 bridgehead atoms. The summed E-state index contributed by atoms with van der Waals surface area (Å²) in [5.74, 6) is 0.467. The van der Waals surface area contributed by atoms with Gasteiger partial charge < -0.3 is 10.1 Å². The fraction of sp³-hybridized carbons (Fsp3) is 0.462. The molecular formula is C13H17N3O2. The first-order valence-electron chi connectivity index (χ1n) is 5.94. The molecule has 0 aliphatic rings. The summed E-state index contributed by atoms with van der Waals surface area (Å²) < 4.78 is 5.37. The minimum atomic E-state index is -0.204. The molecule has 1 aromatic rings. The second-order valence-electron chi connectivity index (χ2n) is 3.79. The Morgan fingerprint density at radius 3 is 2.89 bits per heavy atom.